The van der Waals surface area contributed by atoms with Crippen LogP contribution in [0.15, 0.2) is 51.7 Å². The van der Waals surface area contributed by atoms with E-state index in [1.165, 1.54) is 21.6 Å². The molecule has 0 bridgehead atoms. The van der Waals surface area contributed by atoms with E-state index in [-0.39, 0.29) is 39.4 Å². The number of ether oxygens (including phenoxy) is 1. The number of nitrogens with zero attached hydrogens (tertiary/aromatic N) is 2. The van der Waals surface area contributed by atoms with Gasteiger partial charge in [-0.05, 0) is 80.9 Å². The van der Waals surface area contributed by atoms with Gasteiger partial charge < -0.3 is 14.6 Å². The van der Waals surface area contributed by atoms with Gasteiger partial charge in [-0.2, -0.15) is 13.2 Å². The van der Waals surface area contributed by atoms with Crippen molar-refractivity contribution in [2.75, 3.05) is 0 Å². The summed E-state index contributed by atoms with van der Waals surface area (Å²) in [5.74, 6) is 0.174. The van der Waals surface area contributed by atoms with Gasteiger partial charge in [-0.1, -0.05) is 15.9 Å². The standard InChI is InChI=1S/C25H21BrF3N3O3S/c1-13-10-18-21(12-31(13)22(33)14-2-9-20(26)19(11-14)25(27,28)29)30-24(36)32(23(18)34)15-3-5-16(6-4-15)35-17-7-8-17/h2-6,9,11,13,17H,7-8,10,12H2,1H3,(H,30,36)/t13-/m1/s1. The van der Waals surface area contributed by atoms with Gasteiger partial charge in [-0.25, -0.2) is 0 Å². The van der Waals surface area contributed by atoms with Crippen molar-refractivity contribution in [1.82, 2.24) is 14.5 Å². The highest BCUT2D eigenvalue weighted by atomic mass is 79.9. The molecule has 2 heterocycles. The number of halogens is 4. The van der Waals surface area contributed by atoms with E-state index in [4.69, 9.17) is 17.0 Å². The Morgan fingerprint density at radius 1 is 1.17 bits per heavy atom. The van der Waals surface area contributed by atoms with Crippen molar-refractivity contribution in [2.45, 2.75) is 51.1 Å². The fourth-order valence-electron chi connectivity index (χ4n) is 4.29. The van der Waals surface area contributed by atoms with Gasteiger partial charge >= 0.3 is 6.18 Å². The maximum atomic E-state index is 13.4. The lowest BCUT2D eigenvalue weighted by molar-refractivity contribution is -0.138. The number of rotatable bonds is 4. The Labute approximate surface area is 217 Å². The summed E-state index contributed by atoms with van der Waals surface area (Å²) in [6.07, 6.45) is -2.03. The van der Waals surface area contributed by atoms with Crippen LogP contribution in [-0.2, 0) is 19.1 Å². The largest absolute Gasteiger partial charge is 0.490 e. The number of H-pyrrole nitrogens is 1. The molecule has 3 aromatic rings. The molecular weight excluding hydrogens is 559 g/mol. The molecule has 1 aliphatic carbocycles. The molecule has 0 unspecified atom stereocenters. The zero-order valence-electron chi connectivity index (χ0n) is 19.1. The third-order valence-corrected chi connectivity index (χ3v) is 7.32. The Bertz CT molecular complexity index is 1460. The number of aromatic nitrogens is 2. The maximum absolute atomic E-state index is 13.4. The number of carbonyl (C=O) groups excluding carboxylic acids is 1. The average Bonchev–Trinajstić information content (AvgIpc) is 3.63. The van der Waals surface area contributed by atoms with Crippen molar-refractivity contribution in [3.05, 3.63) is 84.4 Å². The summed E-state index contributed by atoms with van der Waals surface area (Å²) in [5.41, 5.74) is 0.273. The van der Waals surface area contributed by atoms with Gasteiger partial charge in [0.15, 0.2) is 4.77 Å². The van der Waals surface area contributed by atoms with Crippen LogP contribution in [0.2, 0.25) is 0 Å². The minimum absolute atomic E-state index is 0.0284. The summed E-state index contributed by atoms with van der Waals surface area (Å²) in [7, 11) is 0. The van der Waals surface area contributed by atoms with Crippen molar-refractivity contribution in [3.8, 4) is 11.4 Å². The molecule has 188 valence electrons. The monoisotopic (exact) mass is 579 g/mol. The minimum Gasteiger partial charge on any atom is -0.490 e. The number of aromatic amines is 1. The molecule has 2 aliphatic rings. The first-order chi connectivity index (χ1) is 17.0. The first-order valence-electron chi connectivity index (χ1n) is 11.3. The Kier molecular flexibility index (Phi) is 6.32. The zero-order valence-corrected chi connectivity index (χ0v) is 21.5. The van der Waals surface area contributed by atoms with E-state index in [1.54, 1.807) is 31.2 Å². The fraction of sp³-hybridized carbons (Fsp3) is 0.320. The second kappa shape index (κ2) is 9.19. The number of amides is 1. The van der Waals surface area contributed by atoms with Gasteiger partial charge in [0, 0.05) is 27.3 Å². The van der Waals surface area contributed by atoms with Crippen LogP contribution in [0.1, 0.15) is 46.9 Å². The Morgan fingerprint density at radius 2 is 1.86 bits per heavy atom. The van der Waals surface area contributed by atoms with Crippen LogP contribution >= 0.6 is 28.1 Å². The molecule has 0 saturated heterocycles. The van der Waals surface area contributed by atoms with Gasteiger partial charge in [0.1, 0.15) is 5.75 Å². The molecule has 36 heavy (non-hydrogen) atoms. The summed E-state index contributed by atoms with van der Waals surface area (Å²) in [4.78, 5) is 31.1. The van der Waals surface area contributed by atoms with Crippen molar-refractivity contribution in [1.29, 1.82) is 0 Å². The van der Waals surface area contributed by atoms with Gasteiger partial charge in [0.25, 0.3) is 11.5 Å². The summed E-state index contributed by atoms with van der Waals surface area (Å²) in [6.45, 7) is 1.79. The van der Waals surface area contributed by atoms with Gasteiger partial charge in [-0.3, -0.25) is 14.2 Å². The smallest absolute Gasteiger partial charge is 0.417 e. The van der Waals surface area contributed by atoms with E-state index in [9.17, 15) is 22.8 Å². The van der Waals surface area contributed by atoms with Crippen molar-refractivity contribution < 1.29 is 22.7 Å². The fourth-order valence-corrected chi connectivity index (χ4v) is 5.08. The number of benzene rings is 2. The highest BCUT2D eigenvalue weighted by Gasteiger charge is 2.35. The molecule has 1 aromatic heterocycles. The first kappa shape index (κ1) is 24.8. The lowest BCUT2D eigenvalue weighted by Gasteiger charge is -2.34. The highest BCUT2D eigenvalue weighted by molar-refractivity contribution is 9.10. The molecule has 0 spiro atoms. The second-order valence-corrected chi connectivity index (χ2v) is 10.3. The minimum atomic E-state index is -4.60. The normalized spacial score (nSPS) is 17.6. The Hall–Kier alpha value is -2.92. The molecule has 11 heteroatoms. The Balaban J connectivity index is 1.44. The zero-order chi connectivity index (χ0) is 25.8. The lowest BCUT2D eigenvalue weighted by atomic mass is 9.98. The first-order valence-corrected chi connectivity index (χ1v) is 12.5. The van der Waals surface area contributed by atoms with Crippen LogP contribution in [0.4, 0.5) is 13.2 Å². The lowest BCUT2D eigenvalue weighted by Crippen LogP contribution is -2.45. The molecule has 1 aliphatic heterocycles. The predicted octanol–water partition coefficient (Wildman–Crippen LogP) is 5.80. The third-order valence-electron chi connectivity index (χ3n) is 6.35. The van der Waals surface area contributed by atoms with E-state index in [0.29, 0.717) is 16.9 Å². The van der Waals surface area contributed by atoms with Crippen molar-refractivity contribution in [3.63, 3.8) is 0 Å². The van der Waals surface area contributed by atoms with E-state index in [2.05, 4.69) is 20.9 Å². The summed E-state index contributed by atoms with van der Waals surface area (Å²) >= 11 is 8.36. The highest BCUT2D eigenvalue weighted by Crippen LogP contribution is 2.36. The van der Waals surface area contributed by atoms with Crippen LogP contribution in [0.5, 0.6) is 5.75 Å². The second-order valence-electron chi connectivity index (χ2n) is 9.02. The van der Waals surface area contributed by atoms with E-state index >= 15 is 0 Å². The van der Waals surface area contributed by atoms with Crippen LogP contribution in [0.3, 0.4) is 0 Å². The van der Waals surface area contributed by atoms with Crippen LogP contribution in [0.25, 0.3) is 5.69 Å². The van der Waals surface area contributed by atoms with E-state index in [0.717, 1.165) is 24.7 Å². The van der Waals surface area contributed by atoms with E-state index in [1.807, 2.05) is 0 Å². The van der Waals surface area contributed by atoms with Gasteiger partial charge in [0.05, 0.1) is 23.9 Å². The van der Waals surface area contributed by atoms with E-state index < -0.39 is 23.7 Å². The number of hydrogen-bond donors (Lipinski definition) is 1. The number of hydrogen-bond acceptors (Lipinski definition) is 4. The summed E-state index contributed by atoms with van der Waals surface area (Å²) in [6, 6.07) is 10.1. The molecular formula is C25H21BrF3N3O3S. The quantitative estimate of drug-likeness (QED) is 0.396. The SMILES string of the molecule is C[C@@H]1Cc2c([nH]c(=S)n(-c3ccc(OC4CC4)cc3)c2=O)CN1C(=O)c1ccc(Br)c(C(F)(F)F)c1. The van der Waals surface area contributed by atoms with Crippen molar-refractivity contribution >= 4 is 34.1 Å². The summed E-state index contributed by atoms with van der Waals surface area (Å²) < 4.78 is 47.2. The Morgan fingerprint density at radius 3 is 2.50 bits per heavy atom. The average molecular weight is 580 g/mol. The van der Waals surface area contributed by atoms with Crippen LogP contribution < -0.4 is 10.3 Å². The maximum Gasteiger partial charge on any atom is 0.417 e. The summed E-state index contributed by atoms with van der Waals surface area (Å²) in [5, 5.41) is 0. The molecule has 1 saturated carbocycles. The molecule has 6 nitrogen and oxygen atoms in total. The molecule has 1 atom stereocenters. The molecule has 2 aromatic carbocycles. The predicted molar refractivity (Wildman–Crippen MR) is 133 cm³/mol. The van der Waals surface area contributed by atoms with Crippen LogP contribution in [-0.4, -0.2) is 32.5 Å². The van der Waals surface area contributed by atoms with Crippen molar-refractivity contribution in [2.24, 2.45) is 0 Å². The molecule has 1 amide bonds. The van der Waals surface area contributed by atoms with Gasteiger partial charge in [0.2, 0.25) is 0 Å². The molecule has 0 radical (unpaired) electrons. The third kappa shape index (κ3) is 4.73. The number of alkyl halides is 3. The van der Waals surface area contributed by atoms with Gasteiger partial charge in [-0.15, -0.1) is 0 Å². The number of nitrogens with one attached hydrogen (secondary N) is 1. The molecule has 1 fully saturated rings. The molecule has 5 rings (SSSR count). The number of fused-ring (bicyclic) bond motifs is 1. The molecule has 1 N–H and O–H groups in total. The number of carbonyl (C=O) groups is 1. The van der Waals surface area contributed by atoms with Crippen LogP contribution in [0, 0.1) is 4.77 Å². The topological polar surface area (TPSA) is 67.3 Å².